The Bertz CT molecular complexity index is 1710. The molecule has 3 heterocycles. The van der Waals surface area contributed by atoms with Crippen LogP contribution in [-0.2, 0) is 49.7 Å². The zero-order valence-corrected chi connectivity index (χ0v) is 25.2. The van der Waals surface area contributed by atoms with Crippen LogP contribution in [0.5, 0.6) is 5.75 Å². The summed E-state index contributed by atoms with van der Waals surface area (Å²) in [4.78, 5) is 29.2. The van der Waals surface area contributed by atoms with Crippen molar-refractivity contribution in [3.05, 3.63) is 82.8 Å². The fourth-order valence-electron chi connectivity index (χ4n) is 3.84. The van der Waals surface area contributed by atoms with Crippen molar-refractivity contribution in [2.24, 2.45) is 0 Å². The second-order valence-electron chi connectivity index (χ2n) is 9.48. The molecule has 238 valence electrons. The van der Waals surface area contributed by atoms with E-state index in [9.17, 15) is 31.2 Å². The van der Waals surface area contributed by atoms with E-state index in [2.05, 4.69) is 35.4 Å². The number of unbranched alkanes of at least 4 members (excludes halogenated alkanes) is 1. The van der Waals surface area contributed by atoms with Crippen molar-refractivity contribution in [3.63, 3.8) is 0 Å². The Morgan fingerprint density at radius 1 is 0.933 bits per heavy atom. The maximum atomic E-state index is 12.8. The molecule has 1 N–H and O–H groups in total. The number of aromatic nitrogens is 5. The highest BCUT2D eigenvalue weighted by Gasteiger charge is 2.31. The molecule has 0 aliphatic rings. The second kappa shape index (κ2) is 15.0. The normalized spacial score (nSPS) is 11.6. The number of rotatable bonds is 14. The molecule has 3 aromatic heterocycles. The van der Waals surface area contributed by atoms with Crippen molar-refractivity contribution in [1.82, 2.24) is 25.4 Å². The van der Waals surface area contributed by atoms with Gasteiger partial charge in [0, 0.05) is 18.3 Å². The highest BCUT2D eigenvalue weighted by molar-refractivity contribution is 7.86. The molecule has 0 aliphatic carbocycles. The summed E-state index contributed by atoms with van der Waals surface area (Å²) in [5.41, 5.74) is 1.42. The van der Waals surface area contributed by atoms with Gasteiger partial charge in [0.2, 0.25) is 11.0 Å². The van der Waals surface area contributed by atoms with E-state index in [-0.39, 0.29) is 23.8 Å². The first-order valence-corrected chi connectivity index (χ1v) is 15.9. The van der Waals surface area contributed by atoms with E-state index in [0.29, 0.717) is 52.7 Å². The molecular weight excluding hydrogens is 639 g/mol. The molecule has 1 aromatic carbocycles. The molecule has 0 radical (unpaired) electrons. The number of hydrogen-bond donors (Lipinski definition) is 1. The maximum Gasteiger partial charge on any atom is 0.573 e. The smallest absolute Gasteiger partial charge is 0.406 e. The lowest BCUT2D eigenvalue weighted by Crippen LogP contribution is -2.34. The van der Waals surface area contributed by atoms with E-state index in [1.165, 1.54) is 18.3 Å². The van der Waals surface area contributed by atoms with Gasteiger partial charge >= 0.3 is 6.36 Å². The van der Waals surface area contributed by atoms with Gasteiger partial charge in [-0.2, -0.15) is 13.5 Å². The average Bonchev–Trinajstić information content (AvgIpc) is 3.43. The number of nitrogens with zero attached hydrogens (tertiary/aromatic N) is 6. The van der Waals surface area contributed by atoms with E-state index in [0.717, 1.165) is 29.7 Å². The number of halogens is 3. The van der Waals surface area contributed by atoms with Crippen LogP contribution in [-0.4, -0.2) is 58.2 Å². The minimum atomic E-state index is -4.83. The number of amides is 2. The van der Waals surface area contributed by atoms with E-state index in [1.807, 2.05) is 0 Å². The van der Waals surface area contributed by atoms with Crippen LogP contribution in [0.2, 0.25) is 0 Å². The van der Waals surface area contributed by atoms with Crippen molar-refractivity contribution in [2.45, 2.75) is 44.9 Å². The van der Waals surface area contributed by atoms with Gasteiger partial charge in [-0.05, 0) is 61.2 Å². The summed E-state index contributed by atoms with van der Waals surface area (Å²) in [5.74, 6) is -1.40. The third-order valence-corrected chi connectivity index (χ3v) is 7.05. The zero-order valence-electron chi connectivity index (χ0n) is 23.6. The van der Waals surface area contributed by atoms with Gasteiger partial charge in [0.1, 0.15) is 10.8 Å². The Morgan fingerprint density at radius 2 is 1.73 bits per heavy atom. The summed E-state index contributed by atoms with van der Waals surface area (Å²) in [6, 6.07) is 13.4. The van der Waals surface area contributed by atoms with Crippen molar-refractivity contribution < 1.29 is 40.2 Å². The van der Waals surface area contributed by atoms with Crippen molar-refractivity contribution in [1.29, 1.82) is 0 Å². The molecule has 18 heteroatoms. The minimum Gasteiger partial charge on any atom is -0.406 e. The van der Waals surface area contributed by atoms with Gasteiger partial charge in [-0.15, -0.1) is 37.8 Å². The Morgan fingerprint density at radius 3 is 2.42 bits per heavy atom. The highest BCUT2D eigenvalue weighted by atomic mass is 32.2. The molecule has 0 spiro atoms. The standard InChI is InChI=1S/C27H26F3N7O6S2/c1-45(40,41)43-37(25(39)17-20-9-4-5-14-31-20)26-36-35-24(44-26)11-3-2-8-19-12-13-22(34-33-19)32-23(38)16-18-7-6-10-21(15-18)42-27(28,29)30/h4-7,9-10,12-15H,2-3,8,11,16-17H2,1H3,(H,32,34,38). The number of hydrogen-bond acceptors (Lipinski definition) is 12. The summed E-state index contributed by atoms with van der Waals surface area (Å²) in [7, 11) is -4.03. The molecule has 0 atom stereocenters. The van der Waals surface area contributed by atoms with Crippen molar-refractivity contribution in [3.8, 4) is 5.75 Å². The Hall–Kier alpha value is -4.55. The lowest BCUT2D eigenvalue weighted by molar-refractivity contribution is -0.274. The number of anilines is 2. The van der Waals surface area contributed by atoms with Gasteiger partial charge in [0.25, 0.3) is 16.0 Å². The fourth-order valence-corrected chi connectivity index (χ4v) is 5.15. The lowest BCUT2D eigenvalue weighted by atomic mass is 10.1. The first kappa shape index (κ1) is 33.3. The zero-order chi connectivity index (χ0) is 32.5. The van der Waals surface area contributed by atoms with Crippen molar-refractivity contribution in [2.75, 3.05) is 16.6 Å². The minimum absolute atomic E-state index is 0.0257. The summed E-state index contributed by atoms with van der Waals surface area (Å²) in [6.45, 7) is 0. The molecule has 0 unspecified atom stereocenters. The topological polar surface area (TPSA) is 166 Å². The quantitative estimate of drug-likeness (QED) is 0.154. The average molecular weight is 666 g/mol. The van der Waals surface area contributed by atoms with E-state index >= 15 is 0 Å². The van der Waals surface area contributed by atoms with Gasteiger partial charge in [-0.1, -0.05) is 29.5 Å². The number of carbonyl (C=O) groups excluding carboxylic acids is 2. The van der Waals surface area contributed by atoms with Crippen LogP contribution in [0.1, 0.15) is 34.8 Å². The number of aryl methyl sites for hydroxylation is 2. The van der Waals surface area contributed by atoms with Crippen LogP contribution in [0.25, 0.3) is 0 Å². The molecule has 0 aliphatic heterocycles. The SMILES string of the molecule is CS(=O)(=O)ON(C(=O)Cc1ccccn1)c1nnc(CCCCc2ccc(NC(=O)Cc3cccc(OC(F)(F)F)c3)nn2)s1. The second-order valence-corrected chi connectivity index (χ2v) is 12.1. The van der Waals surface area contributed by atoms with Gasteiger partial charge in [-0.25, -0.2) is 0 Å². The number of pyridine rings is 1. The summed E-state index contributed by atoms with van der Waals surface area (Å²) in [6.07, 6.45) is -0.486. The highest BCUT2D eigenvalue weighted by Crippen LogP contribution is 2.25. The molecule has 4 rings (SSSR count). The number of carbonyl (C=O) groups is 2. The monoisotopic (exact) mass is 665 g/mol. The number of benzene rings is 1. The molecular formula is C27H26F3N7O6S2. The van der Waals surface area contributed by atoms with Crippen LogP contribution >= 0.6 is 11.3 Å². The predicted octanol–water partition coefficient (Wildman–Crippen LogP) is 3.84. The molecule has 0 saturated carbocycles. The first-order chi connectivity index (χ1) is 21.3. The van der Waals surface area contributed by atoms with Crippen LogP contribution in [0, 0.1) is 0 Å². The number of ether oxygens (including phenoxy) is 1. The molecule has 2 amide bonds. The summed E-state index contributed by atoms with van der Waals surface area (Å²) in [5, 5.41) is 19.8. The van der Waals surface area contributed by atoms with Gasteiger partial charge in [0.05, 0.1) is 24.8 Å². The summed E-state index contributed by atoms with van der Waals surface area (Å²) < 4.78 is 69.6. The fraction of sp³-hybridized carbons (Fsp3) is 0.296. The molecule has 0 fully saturated rings. The number of alkyl halides is 3. The molecule has 4 aromatic rings. The Balaban J connectivity index is 1.24. The van der Waals surface area contributed by atoms with Gasteiger partial charge in [0.15, 0.2) is 5.82 Å². The third-order valence-electron chi connectivity index (χ3n) is 5.68. The van der Waals surface area contributed by atoms with E-state index < -0.39 is 34.0 Å². The number of hydroxylamine groups is 1. The van der Waals surface area contributed by atoms with Crippen LogP contribution in [0.3, 0.4) is 0 Å². The third kappa shape index (κ3) is 11.5. The van der Waals surface area contributed by atoms with Crippen LogP contribution < -0.4 is 15.1 Å². The van der Waals surface area contributed by atoms with Crippen LogP contribution in [0.15, 0.2) is 60.8 Å². The molecule has 45 heavy (non-hydrogen) atoms. The van der Waals surface area contributed by atoms with Crippen LogP contribution in [0.4, 0.5) is 24.1 Å². The van der Waals surface area contributed by atoms with Gasteiger partial charge < -0.3 is 10.1 Å². The maximum absolute atomic E-state index is 12.8. The first-order valence-electron chi connectivity index (χ1n) is 13.2. The predicted molar refractivity (Wildman–Crippen MR) is 155 cm³/mol. The molecule has 0 bridgehead atoms. The molecule has 0 saturated heterocycles. The Labute approximate surface area is 259 Å². The Kier molecular flexibility index (Phi) is 11.1. The van der Waals surface area contributed by atoms with Crippen molar-refractivity contribution >= 4 is 44.2 Å². The van der Waals surface area contributed by atoms with Gasteiger partial charge in [-0.3, -0.25) is 14.6 Å². The molecule has 13 nitrogen and oxygen atoms in total. The summed E-state index contributed by atoms with van der Waals surface area (Å²) >= 11 is 1.03. The largest absolute Gasteiger partial charge is 0.573 e. The number of nitrogens with one attached hydrogen (secondary N) is 1. The van der Waals surface area contributed by atoms with E-state index in [4.69, 9.17) is 4.28 Å². The van der Waals surface area contributed by atoms with E-state index in [1.54, 1.807) is 30.3 Å². The lowest BCUT2D eigenvalue weighted by Gasteiger charge is -2.16.